The van der Waals surface area contributed by atoms with Gasteiger partial charge in [0, 0.05) is 0 Å². The second kappa shape index (κ2) is 12.5. The lowest BCUT2D eigenvalue weighted by Gasteiger charge is -2.43. The Morgan fingerprint density at radius 1 is 0.706 bits per heavy atom. The van der Waals surface area contributed by atoms with Crippen molar-refractivity contribution in [2.75, 3.05) is 0 Å². The molecule has 0 N–H and O–H groups in total. The van der Waals surface area contributed by atoms with Crippen LogP contribution in [0.5, 0.6) is 0 Å². The van der Waals surface area contributed by atoms with Crippen LogP contribution in [0.15, 0.2) is 42.5 Å². The van der Waals surface area contributed by atoms with Crippen molar-refractivity contribution >= 4 is 8.07 Å². The number of hydrogen-bond donors (Lipinski definition) is 0. The molecule has 0 aromatic heterocycles. The molecule has 0 nitrogen and oxygen atoms in total. The molecule has 0 radical (unpaired) electrons. The molecule has 3 heteroatoms. The van der Waals surface area contributed by atoms with Crippen LogP contribution in [-0.4, -0.2) is 8.07 Å². The average Bonchev–Trinajstić information content (AvgIpc) is 2.87. The highest BCUT2D eigenvalue weighted by Gasteiger charge is 2.40. The molecule has 0 bridgehead atoms. The van der Waals surface area contributed by atoms with Gasteiger partial charge in [-0.05, 0) is 66.3 Å². The number of rotatable bonds is 10. The molecule has 2 aliphatic heterocycles. The lowest BCUT2D eigenvalue weighted by molar-refractivity contribution is 0.404. The van der Waals surface area contributed by atoms with Gasteiger partial charge in [-0.15, -0.1) is 0 Å². The highest BCUT2D eigenvalue weighted by atomic mass is 28.3. The first-order chi connectivity index (χ1) is 16.6. The Labute approximate surface area is 207 Å². The van der Waals surface area contributed by atoms with Gasteiger partial charge in [-0.2, -0.15) is 0 Å². The van der Waals surface area contributed by atoms with Crippen molar-refractivity contribution in [3.05, 3.63) is 70.8 Å². The maximum Gasteiger partial charge on any atom is 0.159 e. The minimum Gasteiger partial charge on any atom is -0.204 e. The van der Waals surface area contributed by atoms with E-state index in [0.29, 0.717) is 0 Å². The van der Waals surface area contributed by atoms with Crippen molar-refractivity contribution in [1.29, 1.82) is 0 Å². The maximum atomic E-state index is 13.4. The molecule has 2 aromatic carbocycles. The standard InChI is InChI=1S/C31H44F2Si/c1-2-3-4-5-6-7-25-16-20-34(21-17-25)22-18-29(19-23-34)28-13-10-26(11-14-28)8-9-27-12-15-30(32)31(33)24-27/h10-15,24-25,29H,2-9,16-23H2,1H3. The van der Waals surface area contributed by atoms with E-state index >= 15 is 0 Å². The second-order valence-electron chi connectivity index (χ2n) is 11.4. The summed E-state index contributed by atoms with van der Waals surface area (Å²) in [6.45, 7) is 2.30. The third kappa shape index (κ3) is 7.03. The summed E-state index contributed by atoms with van der Waals surface area (Å²) in [6.07, 6.45) is 16.1. The van der Waals surface area contributed by atoms with Crippen LogP contribution in [0, 0.1) is 17.6 Å². The van der Waals surface area contributed by atoms with E-state index in [2.05, 4.69) is 31.2 Å². The van der Waals surface area contributed by atoms with Gasteiger partial charge < -0.3 is 0 Å². The molecule has 0 atom stereocenters. The van der Waals surface area contributed by atoms with Crippen LogP contribution in [0.25, 0.3) is 0 Å². The molecule has 34 heavy (non-hydrogen) atoms. The third-order valence-corrected chi connectivity index (χ3v) is 14.5. The third-order valence-electron chi connectivity index (χ3n) is 9.07. The normalized spacial score (nSPS) is 25.0. The van der Waals surface area contributed by atoms with E-state index in [4.69, 9.17) is 0 Å². The summed E-state index contributed by atoms with van der Waals surface area (Å²) < 4.78 is 26.6. The van der Waals surface area contributed by atoms with Gasteiger partial charge in [-0.3, -0.25) is 0 Å². The number of aryl methyl sites for hydroxylation is 2. The molecule has 0 unspecified atom stereocenters. The first-order valence-electron chi connectivity index (χ1n) is 14.1. The first kappa shape index (κ1) is 25.6. The van der Waals surface area contributed by atoms with Crippen LogP contribution in [0.4, 0.5) is 8.78 Å². The van der Waals surface area contributed by atoms with Crippen molar-refractivity contribution in [2.24, 2.45) is 5.92 Å². The summed E-state index contributed by atoms with van der Waals surface area (Å²) in [5, 5.41) is 0. The summed E-state index contributed by atoms with van der Waals surface area (Å²) >= 11 is 0. The SMILES string of the molecule is CCCCCCCC1CC[Si]2(CC1)CCC(c1ccc(CCc3ccc(F)c(F)c3)cc1)CC2. The molecule has 0 amide bonds. The summed E-state index contributed by atoms with van der Waals surface area (Å²) in [4.78, 5) is 0. The summed E-state index contributed by atoms with van der Waals surface area (Å²) in [5.41, 5.74) is 3.65. The molecule has 186 valence electrons. The van der Waals surface area contributed by atoms with Crippen LogP contribution in [-0.2, 0) is 12.8 Å². The average molecular weight is 483 g/mol. The van der Waals surface area contributed by atoms with Gasteiger partial charge in [0.15, 0.2) is 11.6 Å². The molecule has 2 aromatic rings. The Kier molecular flexibility index (Phi) is 9.39. The van der Waals surface area contributed by atoms with Crippen LogP contribution < -0.4 is 0 Å². The van der Waals surface area contributed by atoms with E-state index in [9.17, 15) is 8.78 Å². The molecule has 2 saturated heterocycles. The van der Waals surface area contributed by atoms with Crippen molar-refractivity contribution < 1.29 is 8.78 Å². The summed E-state index contributed by atoms with van der Waals surface area (Å²) in [7, 11) is -0.974. The van der Waals surface area contributed by atoms with E-state index in [1.165, 1.54) is 87.5 Å². The van der Waals surface area contributed by atoms with Crippen molar-refractivity contribution in [1.82, 2.24) is 0 Å². The van der Waals surface area contributed by atoms with Crippen LogP contribution in [0.2, 0.25) is 24.2 Å². The molecular formula is C31H44F2Si. The Morgan fingerprint density at radius 2 is 1.32 bits per heavy atom. The van der Waals surface area contributed by atoms with Crippen molar-refractivity contribution in [2.45, 2.75) is 114 Å². The quantitative estimate of drug-likeness (QED) is 0.233. The fourth-order valence-corrected chi connectivity index (χ4v) is 12.1. The Hall–Kier alpha value is -1.48. The summed E-state index contributed by atoms with van der Waals surface area (Å²) in [5.74, 6) is 0.268. The maximum absolute atomic E-state index is 13.4. The van der Waals surface area contributed by atoms with E-state index in [1.807, 2.05) is 0 Å². The fraction of sp³-hybridized carbons (Fsp3) is 0.613. The molecule has 0 saturated carbocycles. The van der Waals surface area contributed by atoms with Gasteiger partial charge in [0.1, 0.15) is 0 Å². The van der Waals surface area contributed by atoms with E-state index < -0.39 is 19.7 Å². The predicted molar refractivity (Wildman–Crippen MR) is 143 cm³/mol. The monoisotopic (exact) mass is 482 g/mol. The van der Waals surface area contributed by atoms with Gasteiger partial charge in [-0.25, -0.2) is 8.78 Å². The fourth-order valence-electron chi connectivity index (χ4n) is 6.62. The summed E-state index contributed by atoms with van der Waals surface area (Å²) in [6, 6.07) is 19.8. The topological polar surface area (TPSA) is 0 Å². The van der Waals surface area contributed by atoms with Crippen LogP contribution >= 0.6 is 0 Å². The smallest absolute Gasteiger partial charge is 0.159 e. The number of hydrogen-bond acceptors (Lipinski definition) is 0. The van der Waals surface area contributed by atoms with E-state index in [-0.39, 0.29) is 0 Å². The lowest BCUT2D eigenvalue weighted by atomic mass is 9.92. The first-order valence-corrected chi connectivity index (χ1v) is 16.9. The van der Waals surface area contributed by atoms with Crippen LogP contribution in [0.1, 0.15) is 93.7 Å². The predicted octanol–water partition coefficient (Wildman–Crippen LogP) is 9.85. The highest BCUT2D eigenvalue weighted by Crippen LogP contribution is 2.47. The highest BCUT2D eigenvalue weighted by molar-refractivity contribution is 6.80. The van der Waals surface area contributed by atoms with Crippen molar-refractivity contribution in [3.63, 3.8) is 0 Å². The van der Waals surface area contributed by atoms with E-state index in [1.54, 1.807) is 30.2 Å². The molecule has 4 rings (SSSR count). The number of benzene rings is 2. The Balaban J connectivity index is 1.19. The Bertz CT molecular complexity index is 873. The van der Waals surface area contributed by atoms with Crippen LogP contribution in [0.3, 0.4) is 0 Å². The van der Waals surface area contributed by atoms with Gasteiger partial charge in [0.25, 0.3) is 0 Å². The zero-order valence-electron chi connectivity index (χ0n) is 21.3. The molecule has 2 aliphatic rings. The lowest BCUT2D eigenvalue weighted by Crippen LogP contribution is -2.41. The number of halogens is 2. The van der Waals surface area contributed by atoms with E-state index in [0.717, 1.165) is 30.2 Å². The van der Waals surface area contributed by atoms with Gasteiger partial charge in [-0.1, -0.05) is 113 Å². The zero-order valence-corrected chi connectivity index (χ0v) is 22.3. The zero-order chi connectivity index (χ0) is 23.8. The van der Waals surface area contributed by atoms with Crippen molar-refractivity contribution in [3.8, 4) is 0 Å². The molecule has 1 spiro atoms. The van der Waals surface area contributed by atoms with Gasteiger partial charge in [0.05, 0.1) is 8.07 Å². The Morgan fingerprint density at radius 3 is 2.00 bits per heavy atom. The molecule has 2 fully saturated rings. The molecule has 0 aliphatic carbocycles. The minimum atomic E-state index is -0.974. The minimum absolute atomic E-state index is 0.744. The second-order valence-corrected chi connectivity index (χ2v) is 16.4. The molecule has 2 heterocycles. The molecular weight excluding hydrogens is 438 g/mol. The number of unbranched alkanes of at least 4 members (excludes halogenated alkanes) is 4. The largest absolute Gasteiger partial charge is 0.204 e. The van der Waals surface area contributed by atoms with Gasteiger partial charge in [0.2, 0.25) is 0 Å². The van der Waals surface area contributed by atoms with Gasteiger partial charge >= 0.3 is 0 Å².